The van der Waals surface area contributed by atoms with Crippen LogP contribution in [0.2, 0.25) is 0 Å². The molecule has 0 aliphatic heterocycles. The Labute approximate surface area is 188 Å². The Morgan fingerprint density at radius 3 is 2.06 bits per heavy atom. The van der Waals surface area contributed by atoms with Crippen LogP contribution < -0.4 is 10.1 Å². The van der Waals surface area contributed by atoms with E-state index in [0.29, 0.717) is 36.4 Å². The van der Waals surface area contributed by atoms with Gasteiger partial charge in [0.1, 0.15) is 16.9 Å². The molecule has 1 N–H and O–H groups in total. The van der Waals surface area contributed by atoms with Crippen LogP contribution in [0.25, 0.3) is 0 Å². The van der Waals surface area contributed by atoms with Gasteiger partial charge in [-0.2, -0.15) is 0 Å². The van der Waals surface area contributed by atoms with Crippen molar-refractivity contribution in [2.75, 3.05) is 18.5 Å². The first kappa shape index (κ1) is 27.0. The molecule has 0 unspecified atom stereocenters. The molecule has 0 radical (unpaired) electrons. The molecule has 0 fully saturated rings. The number of rotatable bonds is 13. The maximum atomic E-state index is 13.4. The minimum absolute atomic E-state index is 0.0451. The Balaban J connectivity index is 3.28. The second-order valence-corrected chi connectivity index (χ2v) is 8.85. The Morgan fingerprint density at radius 1 is 0.968 bits per heavy atom. The zero-order valence-corrected chi connectivity index (χ0v) is 20.5. The van der Waals surface area contributed by atoms with Crippen LogP contribution in [0.1, 0.15) is 85.0 Å². The smallest absolute Gasteiger partial charge is 0.341 e. The lowest BCUT2D eigenvalue weighted by atomic mass is 9.83. The van der Waals surface area contributed by atoms with Crippen molar-refractivity contribution in [2.24, 2.45) is 11.8 Å². The second-order valence-electron chi connectivity index (χ2n) is 8.85. The van der Waals surface area contributed by atoms with Crippen molar-refractivity contribution >= 4 is 17.6 Å². The molecule has 1 aromatic rings. The van der Waals surface area contributed by atoms with Crippen molar-refractivity contribution in [2.45, 2.75) is 86.4 Å². The van der Waals surface area contributed by atoms with Gasteiger partial charge in [0, 0.05) is 12.3 Å². The molecule has 0 spiro atoms. The fraction of sp³-hybridized carbons (Fsp3) is 0.680. The van der Waals surface area contributed by atoms with Crippen molar-refractivity contribution in [3.8, 4) is 5.75 Å². The van der Waals surface area contributed by atoms with E-state index in [9.17, 15) is 9.59 Å². The van der Waals surface area contributed by atoms with E-state index in [1.165, 1.54) is 0 Å². The summed E-state index contributed by atoms with van der Waals surface area (Å²) in [7, 11) is 0. The van der Waals surface area contributed by atoms with Crippen molar-refractivity contribution in [3.63, 3.8) is 0 Å². The predicted octanol–water partition coefficient (Wildman–Crippen LogP) is 5.85. The van der Waals surface area contributed by atoms with Gasteiger partial charge in [-0.25, -0.2) is 4.79 Å². The van der Waals surface area contributed by atoms with Crippen molar-refractivity contribution < 1.29 is 23.8 Å². The molecule has 0 saturated carbocycles. The molecule has 0 aliphatic rings. The maximum Gasteiger partial charge on any atom is 0.341 e. The number of esters is 1. The lowest BCUT2D eigenvalue weighted by molar-refractivity contribution is -0.146. The number of anilines is 1. The number of carbonyl (C=O) groups is 2. The summed E-state index contributed by atoms with van der Waals surface area (Å²) in [6.07, 6.45) is 1.99. The Morgan fingerprint density at radius 2 is 1.58 bits per heavy atom. The number of carbonyl (C=O) groups excluding carboxylic acids is 2. The zero-order valence-electron chi connectivity index (χ0n) is 20.5. The first-order chi connectivity index (χ1) is 14.6. The van der Waals surface area contributed by atoms with Crippen LogP contribution in [0.5, 0.6) is 5.75 Å². The standard InChI is InChI=1S/C25H41NO5/c1-9-19(8)31-22-13-12-20(14-21(22)23(27)29-10-2)26-24(28)25(30-11-3,15-17(4)5)16-18(6)7/h12-14,17-19H,9-11,15-16H2,1-8H3,(H,26,28)/t19-/m1/s1. The summed E-state index contributed by atoms with van der Waals surface area (Å²) in [6, 6.07) is 5.08. The van der Waals surface area contributed by atoms with Gasteiger partial charge in [0.15, 0.2) is 0 Å². The minimum atomic E-state index is -0.924. The molecule has 0 saturated heterocycles. The number of hydrogen-bond donors (Lipinski definition) is 1. The largest absolute Gasteiger partial charge is 0.490 e. The molecular formula is C25H41NO5. The second kappa shape index (κ2) is 12.7. The molecule has 0 heterocycles. The van der Waals surface area contributed by atoms with E-state index in [0.717, 1.165) is 6.42 Å². The number of benzene rings is 1. The molecule has 176 valence electrons. The van der Waals surface area contributed by atoms with E-state index in [1.807, 2.05) is 20.8 Å². The molecule has 6 heteroatoms. The van der Waals surface area contributed by atoms with Gasteiger partial charge in [0.2, 0.25) is 0 Å². The average Bonchev–Trinajstić information content (AvgIpc) is 2.68. The first-order valence-electron chi connectivity index (χ1n) is 11.5. The van der Waals surface area contributed by atoms with Crippen LogP contribution >= 0.6 is 0 Å². The molecule has 0 aromatic heterocycles. The topological polar surface area (TPSA) is 73.9 Å². The first-order valence-corrected chi connectivity index (χ1v) is 11.5. The van der Waals surface area contributed by atoms with E-state index in [-0.39, 0.29) is 30.5 Å². The minimum Gasteiger partial charge on any atom is -0.490 e. The number of nitrogens with one attached hydrogen (secondary N) is 1. The normalized spacial score (nSPS) is 12.7. The van der Waals surface area contributed by atoms with Gasteiger partial charge in [0.05, 0.1) is 12.7 Å². The average molecular weight is 436 g/mol. The highest BCUT2D eigenvalue weighted by Gasteiger charge is 2.40. The third kappa shape index (κ3) is 8.17. The zero-order chi connectivity index (χ0) is 23.6. The third-order valence-electron chi connectivity index (χ3n) is 4.95. The van der Waals surface area contributed by atoms with E-state index >= 15 is 0 Å². The van der Waals surface area contributed by atoms with Crippen LogP contribution in [0.15, 0.2) is 18.2 Å². The highest BCUT2D eigenvalue weighted by Crippen LogP contribution is 2.32. The molecule has 0 aliphatic carbocycles. The third-order valence-corrected chi connectivity index (χ3v) is 4.95. The van der Waals surface area contributed by atoms with Crippen LogP contribution in [-0.2, 0) is 14.3 Å². The van der Waals surface area contributed by atoms with E-state index < -0.39 is 11.6 Å². The summed E-state index contributed by atoms with van der Waals surface area (Å²) in [4.78, 5) is 26.0. The lowest BCUT2D eigenvalue weighted by Crippen LogP contribution is -2.47. The summed E-state index contributed by atoms with van der Waals surface area (Å²) in [5.41, 5.74) is -0.108. The summed E-state index contributed by atoms with van der Waals surface area (Å²) < 4.78 is 17.2. The molecule has 1 aromatic carbocycles. The molecular weight excluding hydrogens is 394 g/mol. The highest BCUT2D eigenvalue weighted by atomic mass is 16.5. The molecule has 1 rings (SSSR count). The molecule has 1 atom stereocenters. The summed E-state index contributed by atoms with van der Waals surface area (Å²) in [5.74, 6) is 0.362. The Hall–Kier alpha value is -2.08. The van der Waals surface area contributed by atoms with Gasteiger partial charge in [-0.1, -0.05) is 34.6 Å². The van der Waals surface area contributed by atoms with Gasteiger partial charge >= 0.3 is 5.97 Å². The molecule has 6 nitrogen and oxygen atoms in total. The fourth-order valence-electron chi connectivity index (χ4n) is 3.67. The summed E-state index contributed by atoms with van der Waals surface area (Å²) in [6.45, 7) is 16.7. The highest BCUT2D eigenvalue weighted by molar-refractivity contribution is 5.99. The Kier molecular flexibility index (Phi) is 11.0. The molecule has 31 heavy (non-hydrogen) atoms. The van der Waals surface area contributed by atoms with Crippen LogP contribution in [0.3, 0.4) is 0 Å². The summed E-state index contributed by atoms with van der Waals surface area (Å²) >= 11 is 0. The van der Waals surface area contributed by atoms with Crippen LogP contribution in [0, 0.1) is 11.8 Å². The van der Waals surface area contributed by atoms with Gasteiger partial charge < -0.3 is 19.5 Å². The maximum absolute atomic E-state index is 13.4. The molecule has 1 amide bonds. The van der Waals surface area contributed by atoms with E-state index in [2.05, 4.69) is 33.0 Å². The summed E-state index contributed by atoms with van der Waals surface area (Å²) in [5, 5.41) is 2.98. The van der Waals surface area contributed by atoms with Crippen LogP contribution in [-0.4, -0.2) is 36.8 Å². The van der Waals surface area contributed by atoms with Gasteiger partial charge in [0.25, 0.3) is 5.91 Å². The quantitative estimate of drug-likeness (QED) is 0.394. The number of amides is 1. The van der Waals surface area contributed by atoms with Crippen LogP contribution in [0.4, 0.5) is 5.69 Å². The number of ether oxygens (including phenoxy) is 3. The molecule has 0 bridgehead atoms. The lowest BCUT2D eigenvalue weighted by Gasteiger charge is -2.35. The monoisotopic (exact) mass is 435 g/mol. The van der Waals surface area contributed by atoms with E-state index in [1.54, 1.807) is 25.1 Å². The predicted molar refractivity (Wildman–Crippen MR) is 125 cm³/mol. The van der Waals surface area contributed by atoms with Gasteiger partial charge in [-0.15, -0.1) is 0 Å². The Bertz CT molecular complexity index is 704. The van der Waals surface area contributed by atoms with Gasteiger partial charge in [-0.3, -0.25) is 4.79 Å². The van der Waals surface area contributed by atoms with Crippen molar-refractivity contribution in [1.82, 2.24) is 0 Å². The van der Waals surface area contributed by atoms with Crippen molar-refractivity contribution in [1.29, 1.82) is 0 Å². The van der Waals surface area contributed by atoms with E-state index in [4.69, 9.17) is 14.2 Å². The SMILES string of the molecule is CCOC(=O)c1cc(NC(=O)C(CC(C)C)(CC(C)C)OCC)ccc1O[C@H](C)CC. The fourth-order valence-corrected chi connectivity index (χ4v) is 3.67. The van der Waals surface area contributed by atoms with Gasteiger partial charge in [-0.05, 0) is 70.1 Å². The number of hydrogen-bond acceptors (Lipinski definition) is 5. The van der Waals surface area contributed by atoms with Crippen molar-refractivity contribution in [3.05, 3.63) is 23.8 Å².